The van der Waals surface area contributed by atoms with Gasteiger partial charge in [-0.25, -0.2) is 13.1 Å². The van der Waals surface area contributed by atoms with E-state index in [1.54, 1.807) is 18.2 Å². The molecule has 1 aromatic carbocycles. The van der Waals surface area contributed by atoms with Crippen LogP contribution in [0.1, 0.15) is 26.7 Å². The second-order valence-corrected chi connectivity index (χ2v) is 6.38. The van der Waals surface area contributed by atoms with Gasteiger partial charge in [0.25, 0.3) is 0 Å². The zero-order valence-electron chi connectivity index (χ0n) is 12.2. The molecule has 0 saturated carbocycles. The zero-order chi connectivity index (χ0) is 15.2. The van der Waals surface area contributed by atoms with Crippen LogP contribution in [-0.4, -0.2) is 33.3 Å². The molecule has 0 aliphatic carbocycles. The summed E-state index contributed by atoms with van der Waals surface area (Å²) in [5, 5.41) is 9.99. The highest BCUT2D eigenvalue weighted by molar-refractivity contribution is 7.89. The van der Waals surface area contributed by atoms with E-state index in [0.717, 1.165) is 12.8 Å². The van der Waals surface area contributed by atoms with E-state index in [4.69, 9.17) is 4.74 Å². The Morgan fingerprint density at radius 2 is 1.85 bits per heavy atom. The molecule has 0 aliphatic rings. The van der Waals surface area contributed by atoms with Gasteiger partial charge in [-0.1, -0.05) is 38.8 Å². The van der Waals surface area contributed by atoms with Gasteiger partial charge in [0.15, 0.2) is 0 Å². The summed E-state index contributed by atoms with van der Waals surface area (Å²) < 4.78 is 31.9. The molecule has 1 atom stereocenters. The number of hydrogen-bond donors (Lipinski definition) is 2. The van der Waals surface area contributed by atoms with Gasteiger partial charge in [-0.05, 0) is 18.1 Å². The van der Waals surface area contributed by atoms with Crippen LogP contribution in [0.25, 0.3) is 0 Å². The Hall–Kier alpha value is -1.11. The summed E-state index contributed by atoms with van der Waals surface area (Å²) in [6, 6.07) is 6.40. The van der Waals surface area contributed by atoms with Crippen molar-refractivity contribution in [3.63, 3.8) is 0 Å². The fourth-order valence-electron chi connectivity index (χ4n) is 2.11. The standard InChI is InChI=1S/C14H23NO4S/c1-4-11(5-2)12(16)10-15-20(17,18)14-9-7-6-8-13(14)19-3/h6-9,11-12,15-16H,4-5,10H2,1-3H3. The molecule has 0 fully saturated rings. The molecule has 5 nitrogen and oxygen atoms in total. The third-order valence-corrected chi connectivity index (χ3v) is 4.90. The lowest BCUT2D eigenvalue weighted by Crippen LogP contribution is -2.36. The van der Waals surface area contributed by atoms with E-state index in [1.807, 2.05) is 13.8 Å². The average Bonchev–Trinajstić information content (AvgIpc) is 2.46. The van der Waals surface area contributed by atoms with E-state index in [9.17, 15) is 13.5 Å². The summed E-state index contributed by atoms with van der Waals surface area (Å²) in [4.78, 5) is 0.0826. The minimum atomic E-state index is -3.68. The maximum absolute atomic E-state index is 12.2. The number of rotatable bonds is 8. The molecule has 0 amide bonds. The Labute approximate surface area is 121 Å². The fourth-order valence-corrected chi connectivity index (χ4v) is 3.33. The molecule has 0 bridgehead atoms. The van der Waals surface area contributed by atoms with Gasteiger partial charge in [0.05, 0.1) is 13.2 Å². The number of ether oxygens (including phenoxy) is 1. The van der Waals surface area contributed by atoms with Crippen LogP contribution in [0.2, 0.25) is 0 Å². The van der Waals surface area contributed by atoms with Crippen molar-refractivity contribution in [3.8, 4) is 5.75 Å². The zero-order valence-corrected chi connectivity index (χ0v) is 13.0. The van der Waals surface area contributed by atoms with E-state index >= 15 is 0 Å². The molecular formula is C14H23NO4S. The lowest BCUT2D eigenvalue weighted by Gasteiger charge is -2.20. The minimum Gasteiger partial charge on any atom is -0.495 e. The molecule has 0 aliphatic heterocycles. The molecule has 20 heavy (non-hydrogen) atoms. The smallest absolute Gasteiger partial charge is 0.244 e. The average molecular weight is 301 g/mol. The van der Waals surface area contributed by atoms with Gasteiger partial charge in [0, 0.05) is 6.54 Å². The van der Waals surface area contributed by atoms with Crippen molar-refractivity contribution in [1.82, 2.24) is 4.72 Å². The van der Waals surface area contributed by atoms with Crippen LogP contribution in [0.3, 0.4) is 0 Å². The first-order chi connectivity index (χ1) is 9.46. The van der Waals surface area contributed by atoms with Crippen LogP contribution >= 0.6 is 0 Å². The van der Waals surface area contributed by atoms with E-state index in [0.29, 0.717) is 0 Å². The number of nitrogens with one attached hydrogen (secondary N) is 1. The van der Waals surface area contributed by atoms with E-state index in [1.165, 1.54) is 13.2 Å². The largest absolute Gasteiger partial charge is 0.495 e. The summed E-state index contributed by atoms with van der Waals surface area (Å²) in [6.45, 7) is 3.96. The van der Waals surface area contributed by atoms with Gasteiger partial charge in [0.2, 0.25) is 10.0 Å². The van der Waals surface area contributed by atoms with Crippen molar-refractivity contribution in [2.24, 2.45) is 5.92 Å². The van der Waals surface area contributed by atoms with E-state index in [-0.39, 0.29) is 23.1 Å². The van der Waals surface area contributed by atoms with Crippen molar-refractivity contribution < 1.29 is 18.3 Å². The van der Waals surface area contributed by atoms with Crippen molar-refractivity contribution in [1.29, 1.82) is 0 Å². The van der Waals surface area contributed by atoms with Crippen molar-refractivity contribution >= 4 is 10.0 Å². The number of sulfonamides is 1. The predicted octanol–water partition coefficient (Wildman–Crippen LogP) is 1.77. The molecule has 1 rings (SSSR count). The van der Waals surface area contributed by atoms with Crippen molar-refractivity contribution in [3.05, 3.63) is 24.3 Å². The van der Waals surface area contributed by atoms with E-state index in [2.05, 4.69) is 4.72 Å². The summed E-state index contributed by atoms with van der Waals surface area (Å²) in [6.07, 6.45) is 0.941. The normalized spacial score (nSPS) is 13.4. The molecule has 0 aromatic heterocycles. The molecule has 6 heteroatoms. The number of para-hydroxylation sites is 1. The second kappa shape index (κ2) is 7.61. The van der Waals surface area contributed by atoms with Crippen molar-refractivity contribution in [2.45, 2.75) is 37.7 Å². The van der Waals surface area contributed by atoms with Crippen LogP contribution in [0.4, 0.5) is 0 Å². The molecule has 0 radical (unpaired) electrons. The highest BCUT2D eigenvalue weighted by Crippen LogP contribution is 2.22. The van der Waals surface area contributed by atoms with Crippen LogP contribution in [0.5, 0.6) is 5.75 Å². The first-order valence-electron chi connectivity index (χ1n) is 6.77. The van der Waals surface area contributed by atoms with Crippen LogP contribution in [0, 0.1) is 5.92 Å². The Bertz CT molecular complexity index is 512. The van der Waals surface area contributed by atoms with Gasteiger partial charge >= 0.3 is 0 Å². The number of aliphatic hydroxyl groups excluding tert-OH is 1. The Morgan fingerprint density at radius 3 is 2.40 bits per heavy atom. The Morgan fingerprint density at radius 1 is 1.25 bits per heavy atom. The monoisotopic (exact) mass is 301 g/mol. The first kappa shape index (κ1) is 16.9. The maximum Gasteiger partial charge on any atom is 0.244 e. The Balaban J connectivity index is 2.80. The molecule has 114 valence electrons. The maximum atomic E-state index is 12.2. The highest BCUT2D eigenvalue weighted by Gasteiger charge is 2.22. The third-order valence-electron chi connectivity index (χ3n) is 3.43. The molecule has 1 unspecified atom stereocenters. The van der Waals surface area contributed by atoms with Gasteiger partial charge in [-0.3, -0.25) is 0 Å². The lowest BCUT2D eigenvalue weighted by atomic mass is 9.97. The van der Waals surface area contributed by atoms with Crippen molar-refractivity contribution in [2.75, 3.05) is 13.7 Å². The van der Waals surface area contributed by atoms with Crippen LogP contribution in [-0.2, 0) is 10.0 Å². The first-order valence-corrected chi connectivity index (χ1v) is 8.25. The second-order valence-electron chi connectivity index (χ2n) is 4.65. The molecule has 2 N–H and O–H groups in total. The predicted molar refractivity (Wildman–Crippen MR) is 78.3 cm³/mol. The number of aliphatic hydroxyl groups is 1. The fraction of sp³-hybridized carbons (Fsp3) is 0.571. The Kier molecular flexibility index (Phi) is 6.45. The van der Waals surface area contributed by atoms with Crippen LogP contribution < -0.4 is 9.46 Å². The number of methoxy groups -OCH3 is 1. The third kappa shape index (κ3) is 4.19. The minimum absolute atomic E-state index is 0.00668. The van der Waals surface area contributed by atoms with Crippen LogP contribution in [0.15, 0.2) is 29.2 Å². The SMILES string of the molecule is CCC(CC)C(O)CNS(=O)(=O)c1ccccc1OC. The van der Waals surface area contributed by atoms with Gasteiger partial charge in [-0.2, -0.15) is 0 Å². The molecule has 0 heterocycles. The summed E-state index contributed by atoms with van der Waals surface area (Å²) in [5.74, 6) is 0.382. The van der Waals surface area contributed by atoms with Gasteiger partial charge in [-0.15, -0.1) is 0 Å². The van der Waals surface area contributed by atoms with Gasteiger partial charge < -0.3 is 9.84 Å². The highest BCUT2D eigenvalue weighted by atomic mass is 32.2. The molecular weight excluding hydrogens is 278 g/mol. The summed E-state index contributed by atoms with van der Waals surface area (Å²) >= 11 is 0. The molecule has 0 saturated heterocycles. The summed E-state index contributed by atoms with van der Waals surface area (Å²) in [5.41, 5.74) is 0. The quantitative estimate of drug-likeness (QED) is 0.767. The summed E-state index contributed by atoms with van der Waals surface area (Å²) in [7, 11) is -2.26. The topological polar surface area (TPSA) is 75.6 Å². The van der Waals surface area contributed by atoms with Gasteiger partial charge in [0.1, 0.15) is 10.6 Å². The lowest BCUT2D eigenvalue weighted by molar-refractivity contribution is 0.107. The molecule has 1 aromatic rings. The molecule has 0 spiro atoms. The number of benzene rings is 1. The van der Waals surface area contributed by atoms with E-state index < -0.39 is 16.1 Å². The number of hydrogen-bond acceptors (Lipinski definition) is 4.